The molecule has 0 saturated carbocycles. The lowest BCUT2D eigenvalue weighted by atomic mass is 10.1. The van der Waals surface area contributed by atoms with Crippen molar-refractivity contribution >= 4 is 5.71 Å². The van der Waals surface area contributed by atoms with Crippen LogP contribution in [0.3, 0.4) is 0 Å². The largest absolute Gasteiger partial charge is 0.493 e. The van der Waals surface area contributed by atoms with Crippen LogP contribution in [0.1, 0.15) is 48.9 Å². The molecule has 0 atom stereocenters. The van der Waals surface area contributed by atoms with Gasteiger partial charge in [-0.05, 0) is 74.9 Å². The first-order chi connectivity index (χ1) is 16.5. The van der Waals surface area contributed by atoms with E-state index in [0.29, 0.717) is 39.6 Å². The van der Waals surface area contributed by atoms with Crippen LogP contribution in [0.5, 0.6) is 11.5 Å². The molecule has 2 aromatic carbocycles. The lowest BCUT2D eigenvalue weighted by molar-refractivity contribution is 0.113. The highest BCUT2D eigenvalue weighted by Crippen LogP contribution is 2.28. The summed E-state index contributed by atoms with van der Waals surface area (Å²) in [5, 5.41) is 3.83. The van der Waals surface area contributed by atoms with Gasteiger partial charge in [0.15, 0.2) is 0 Å². The van der Waals surface area contributed by atoms with Gasteiger partial charge in [-0.2, -0.15) is 0 Å². The highest BCUT2D eigenvalue weighted by molar-refractivity contribution is 5.82. The van der Waals surface area contributed by atoms with Crippen LogP contribution in [0.25, 0.3) is 0 Å². The summed E-state index contributed by atoms with van der Waals surface area (Å²) < 4.78 is 23.2. The second-order valence-electron chi connectivity index (χ2n) is 8.19. The Morgan fingerprint density at radius 3 is 2.12 bits per heavy atom. The van der Waals surface area contributed by atoms with Crippen molar-refractivity contribution in [2.45, 2.75) is 53.8 Å². The van der Waals surface area contributed by atoms with E-state index in [-0.39, 0.29) is 0 Å². The molecule has 186 valence electrons. The van der Waals surface area contributed by atoms with Gasteiger partial charge in [0.05, 0.1) is 32.1 Å². The molecule has 0 radical (unpaired) electrons. The monoisotopic (exact) mass is 469 g/mol. The molecule has 0 fully saturated rings. The Kier molecular flexibility index (Phi) is 12.8. The van der Waals surface area contributed by atoms with Crippen molar-refractivity contribution in [1.29, 1.82) is 0 Å². The van der Waals surface area contributed by atoms with Crippen LogP contribution < -0.4 is 9.47 Å². The molecule has 0 N–H and O–H groups in total. The third-order valence-electron chi connectivity index (χ3n) is 5.06. The molecular weight excluding hydrogens is 430 g/mol. The van der Waals surface area contributed by atoms with Crippen LogP contribution in [0, 0.1) is 13.8 Å². The third-order valence-corrected chi connectivity index (χ3v) is 5.06. The van der Waals surface area contributed by atoms with Gasteiger partial charge < -0.3 is 23.8 Å². The summed E-state index contributed by atoms with van der Waals surface area (Å²) in [5.41, 5.74) is 5.28. The van der Waals surface area contributed by atoms with Gasteiger partial charge in [0.25, 0.3) is 0 Å². The van der Waals surface area contributed by atoms with Gasteiger partial charge in [0, 0.05) is 6.61 Å². The number of oxime groups is 1. The predicted molar refractivity (Wildman–Crippen MR) is 137 cm³/mol. The maximum atomic E-state index is 6.04. The van der Waals surface area contributed by atoms with Gasteiger partial charge >= 0.3 is 0 Å². The summed E-state index contributed by atoms with van der Waals surface area (Å²) in [6, 6.07) is 12.4. The summed E-state index contributed by atoms with van der Waals surface area (Å²) in [6.07, 6.45) is 5.87. The van der Waals surface area contributed by atoms with Gasteiger partial charge in [-0.1, -0.05) is 41.6 Å². The van der Waals surface area contributed by atoms with Gasteiger partial charge in [-0.15, -0.1) is 0 Å². The first-order valence-electron chi connectivity index (χ1n) is 11.8. The highest BCUT2D eigenvalue weighted by atomic mass is 16.6. The molecule has 6 nitrogen and oxygen atoms in total. The number of hydrogen-bond donors (Lipinski definition) is 0. The van der Waals surface area contributed by atoms with E-state index >= 15 is 0 Å². The average molecular weight is 470 g/mol. The fraction of sp³-hybridized carbons (Fsp3) is 0.464. The Hall–Kier alpha value is -2.83. The summed E-state index contributed by atoms with van der Waals surface area (Å²) >= 11 is 0. The second kappa shape index (κ2) is 15.9. The molecule has 0 saturated heterocycles. The molecule has 0 aliphatic rings. The van der Waals surface area contributed by atoms with Crippen molar-refractivity contribution < 1.29 is 23.8 Å². The van der Waals surface area contributed by atoms with Gasteiger partial charge in [0.2, 0.25) is 0 Å². The third kappa shape index (κ3) is 10.4. The van der Waals surface area contributed by atoms with E-state index in [0.717, 1.165) is 52.3 Å². The van der Waals surface area contributed by atoms with E-state index in [4.69, 9.17) is 23.8 Å². The van der Waals surface area contributed by atoms with Crippen molar-refractivity contribution in [1.82, 2.24) is 0 Å². The second-order valence-corrected chi connectivity index (χ2v) is 8.19. The molecule has 2 rings (SSSR count). The summed E-state index contributed by atoms with van der Waals surface area (Å²) in [5.74, 6) is 1.82. The van der Waals surface area contributed by atoms with Crippen molar-refractivity contribution in [3.05, 3.63) is 70.8 Å². The Bertz CT molecular complexity index is 883. The van der Waals surface area contributed by atoms with Gasteiger partial charge in [-0.25, -0.2) is 0 Å². The lowest BCUT2D eigenvalue weighted by Crippen LogP contribution is -2.05. The number of allylic oxidation sites excluding steroid dienone is 1. The van der Waals surface area contributed by atoms with E-state index < -0.39 is 0 Å². The molecule has 0 aromatic heterocycles. The zero-order chi connectivity index (χ0) is 24.6. The average Bonchev–Trinajstić information content (AvgIpc) is 2.81. The topological polar surface area (TPSA) is 58.5 Å². The van der Waals surface area contributed by atoms with Crippen LogP contribution in [0.2, 0.25) is 0 Å². The van der Waals surface area contributed by atoms with Crippen LogP contribution in [-0.2, 0) is 27.5 Å². The molecule has 0 aliphatic heterocycles. The maximum absolute atomic E-state index is 6.04. The highest BCUT2D eigenvalue weighted by Gasteiger charge is 2.07. The zero-order valence-electron chi connectivity index (χ0n) is 21.3. The molecule has 0 unspecified atom stereocenters. The summed E-state index contributed by atoms with van der Waals surface area (Å²) in [7, 11) is 1.53. The normalized spacial score (nSPS) is 11.7. The molecule has 6 heteroatoms. The standard InChI is InChI=1S/C28H39NO5/c1-6-7-15-33-27-17-22(2)28(23(3)18-27)34-16-9-8-14-31-20-25-10-12-26(13-11-25)21-32-19-24(4)29-30-5/h6-7,10-13,17-18H,8-9,14-16,19-21H2,1-5H3/b7-6+,29-24?. The molecule has 0 heterocycles. The minimum atomic E-state index is 0.456. The minimum absolute atomic E-state index is 0.456. The Morgan fingerprint density at radius 2 is 1.50 bits per heavy atom. The molecular formula is C28H39NO5. The molecule has 0 spiro atoms. The number of nitrogens with zero attached hydrogens (tertiary/aromatic N) is 1. The van der Waals surface area contributed by atoms with Crippen molar-refractivity contribution in [2.24, 2.45) is 5.16 Å². The Labute approximate surface area is 204 Å². The van der Waals surface area contributed by atoms with Crippen LogP contribution >= 0.6 is 0 Å². The van der Waals surface area contributed by atoms with E-state index in [1.807, 2.05) is 38.1 Å². The summed E-state index contributed by atoms with van der Waals surface area (Å²) in [4.78, 5) is 4.72. The lowest BCUT2D eigenvalue weighted by Gasteiger charge is -2.14. The number of benzene rings is 2. The van der Waals surface area contributed by atoms with E-state index in [1.165, 1.54) is 7.11 Å². The molecule has 2 aromatic rings. The summed E-state index contributed by atoms with van der Waals surface area (Å²) in [6.45, 7) is 11.5. The quantitative estimate of drug-likeness (QED) is 0.127. The van der Waals surface area contributed by atoms with E-state index in [9.17, 15) is 0 Å². The fourth-order valence-electron chi connectivity index (χ4n) is 3.36. The maximum Gasteiger partial charge on any atom is 0.125 e. The van der Waals surface area contributed by atoms with Crippen molar-refractivity contribution in [3.63, 3.8) is 0 Å². The smallest absolute Gasteiger partial charge is 0.125 e. The first-order valence-corrected chi connectivity index (χ1v) is 11.8. The Morgan fingerprint density at radius 1 is 0.882 bits per heavy atom. The molecule has 0 aliphatic carbocycles. The molecule has 0 amide bonds. The SMILES string of the molecule is C/C=C/COc1cc(C)c(OCCCCOCc2ccc(COCC(C)=NOC)cc2)c(C)c1. The van der Waals surface area contributed by atoms with Crippen molar-refractivity contribution in [3.8, 4) is 11.5 Å². The number of unbranched alkanes of at least 4 members (excludes halogenated alkanes) is 1. The van der Waals surface area contributed by atoms with Crippen LogP contribution in [-0.4, -0.2) is 39.2 Å². The molecule has 0 bridgehead atoms. The fourth-order valence-corrected chi connectivity index (χ4v) is 3.36. The van der Waals surface area contributed by atoms with Gasteiger partial charge in [-0.3, -0.25) is 0 Å². The van der Waals surface area contributed by atoms with E-state index in [1.54, 1.807) is 0 Å². The van der Waals surface area contributed by atoms with E-state index in [2.05, 4.69) is 43.3 Å². The first kappa shape index (κ1) is 27.4. The predicted octanol–water partition coefficient (Wildman–Crippen LogP) is 6.17. The zero-order valence-corrected chi connectivity index (χ0v) is 21.3. The molecule has 34 heavy (non-hydrogen) atoms. The number of aryl methyl sites for hydroxylation is 2. The minimum Gasteiger partial charge on any atom is -0.493 e. The Balaban J connectivity index is 1.61. The van der Waals surface area contributed by atoms with Crippen molar-refractivity contribution in [2.75, 3.05) is 33.5 Å². The number of rotatable bonds is 16. The number of ether oxygens (including phenoxy) is 4. The number of hydrogen-bond acceptors (Lipinski definition) is 6. The van der Waals surface area contributed by atoms with Crippen LogP contribution in [0.15, 0.2) is 53.7 Å². The van der Waals surface area contributed by atoms with Crippen LogP contribution in [0.4, 0.5) is 0 Å². The van der Waals surface area contributed by atoms with Gasteiger partial charge in [0.1, 0.15) is 25.2 Å².